The molecule has 1 aromatic carbocycles. The molecule has 4 rings (SSSR count). The molecule has 0 unspecified atom stereocenters. The lowest BCUT2D eigenvalue weighted by Gasteiger charge is -2.09. The summed E-state index contributed by atoms with van der Waals surface area (Å²) in [6, 6.07) is 9.40. The third kappa shape index (κ3) is 5.08. The van der Waals surface area contributed by atoms with Crippen LogP contribution < -0.4 is 5.32 Å². The number of pyridine rings is 1. The van der Waals surface area contributed by atoms with Gasteiger partial charge in [-0.05, 0) is 50.1 Å². The summed E-state index contributed by atoms with van der Waals surface area (Å²) in [6.07, 6.45) is 4.16. The van der Waals surface area contributed by atoms with Crippen molar-refractivity contribution in [3.8, 4) is 11.4 Å². The standard InChI is InChI=1S/C22H21N5O3.C2H6/c1-13-8-9-27-18(12-23-19(27)10-13)22(29)24-17-11-16(6-4-14(17)2)21-25-20(30-26-21)7-5-15(3)28;1-2/h4,6,8-12H,5,7H2,1-3H3,(H,24,29);1-2H3. The van der Waals surface area contributed by atoms with E-state index in [9.17, 15) is 9.59 Å². The third-order valence-electron chi connectivity index (χ3n) is 4.80. The second-order valence-corrected chi connectivity index (χ2v) is 7.27. The maximum atomic E-state index is 12.9. The Balaban J connectivity index is 0.00000141. The topological polar surface area (TPSA) is 102 Å². The summed E-state index contributed by atoms with van der Waals surface area (Å²) in [6.45, 7) is 9.41. The van der Waals surface area contributed by atoms with Gasteiger partial charge in [-0.1, -0.05) is 31.1 Å². The van der Waals surface area contributed by atoms with E-state index in [1.807, 2.05) is 58.2 Å². The molecule has 0 aliphatic rings. The molecule has 0 spiro atoms. The first kappa shape index (κ1) is 22.9. The highest BCUT2D eigenvalue weighted by atomic mass is 16.5. The number of aromatic nitrogens is 4. The van der Waals surface area contributed by atoms with Gasteiger partial charge in [-0.3, -0.25) is 9.20 Å². The Hall–Kier alpha value is -3.81. The molecular formula is C24H27N5O3. The van der Waals surface area contributed by atoms with Gasteiger partial charge in [0, 0.05) is 30.3 Å². The summed E-state index contributed by atoms with van der Waals surface area (Å²) in [5.74, 6) is 0.626. The Morgan fingerprint density at radius 2 is 1.91 bits per heavy atom. The lowest BCUT2D eigenvalue weighted by molar-refractivity contribution is -0.117. The van der Waals surface area contributed by atoms with Crippen molar-refractivity contribution in [2.24, 2.45) is 0 Å². The van der Waals surface area contributed by atoms with Crippen LogP contribution in [-0.2, 0) is 11.2 Å². The van der Waals surface area contributed by atoms with Gasteiger partial charge in [0.05, 0.1) is 6.20 Å². The quantitative estimate of drug-likeness (QED) is 0.468. The van der Waals surface area contributed by atoms with Gasteiger partial charge in [0.15, 0.2) is 0 Å². The lowest BCUT2D eigenvalue weighted by atomic mass is 10.1. The predicted molar refractivity (Wildman–Crippen MR) is 123 cm³/mol. The van der Waals surface area contributed by atoms with Crippen LogP contribution in [-0.4, -0.2) is 31.2 Å². The molecule has 0 radical (unpaired) electrons. The normalized spacial score (nSPS) is 10.5. The van der Waals surface area contributed by atoms with Gasteiger partial charge < -0.3 is 14.6 Å². The van der Waals surface area contributed by atoms with Crippen molar-refractivity contribution < 1.29 is 14.1 Å². The molecule has 0 atom stereocenters. The van der Waals surface area contributed by atoms with Crippen molar-refractivity contribution >= 4 is 23.0 Å². The molecule has 0 saturated heterocycles. The highest BCUT2D eigenvalue weighted by molar-refractivity contribution is 6.04. The summed E-state index contributed by atoms with van der Waals surface area (Å²) in [4.78, 5) is 32.7. The smallest absolute Gasteiger partial charge is 0.274 e. The van der Waals surface area contributed by atoms with Crippen LogP contribution in [0, 0.1) is 13.8 Å². The lowest BCUT2D eigenvalue weighted by Crippen LogP contribution is -2.15. The summed E-state index contributed by atoms with van der Waals surface area (Å²) in [5, 5.41) is 6.93. The Labute approximate surface area is 186 Å². The number of carbonyl (C=O) groups excluding carboxylic acids is 2. The second-order valence-electron chi connectivity index (χ2n) is 7.27. The van der Waals surface area contributed by atoms with Crippen molar-refractivity contribution in [2.45, 2.75) is 47.5 Å². The number of imidazole rings is 1. The van der Waals surface area contributed by atoms with E-state index in [0.29, 0.717) is 41.5 Å². The van der Waals surface area contributed by atoms with E-state index in [-0.39, 0.29) is 11.7 Å². The summed E-state index contributed by atoms with van der Waals surface area (Å²) < 4.78 is 6.98. The Kier molecular flexibility index (Phi) is 7.14. The van der Waals surface area contributed by atoms with Gasteiger partial charge in [-0.25, -0.2) is 4.98 Å². The number of aryl methyl sites for hydroxylation is 3. The average molecular weight is 434 g/mol. The molecule has 0 aliphatic heterocycles. The number of benzene rings is 1. The highest BCUT2D eigenvalue weighted by Crippen LogP contribution is 2.24. The Morgan fingerprint density at radius 1 is 1.12 bits per heavy atom. The van der Waals surface area contributed by atoms with E-state index in [4.69, 9.17) is 4.52 Å². The number of nitrogens with one attached hydrogen (secondary N) is 1. The first-order valence-corrected chi connectivity index (χ1v) is 10.6. The summed E-state index contributed by atoms with van der Waals surface area (Å²) in [5.41, 5.74) is 4.50. The zero-order valence-electron chi connectivity index (χ0n) is 19.0. The maximum Gasteiger partial charge on any atom is 0.274 e. The van der Waals surface area contributed by atoms with E-state index in [1.165, 1.54) is 6.92 Å². The minimum Gasteiger partial charge on any atom is -0.339 e. The second kappa shape index (κ2) is 10.00. The SMILES string of the molecule is CC.CC(=O)CCc1nc(-c2ccc(C)c(NC(=O)c3cnc4cc(C)ccn34)c2)no1. The van der Waals surface area contributed by atoms with Gasteiger partial charge in [0.1, 0.15) is 17.1 Å². The monoisotopic (exact) mass is 433 g/mol. The molecule has 8 heteroatoms. The van der Waals surface area contributed by atoms with E-state index in [0.717, 1.165) is 16.8 Å². The fourth-order valence-electron chi connectivity index (χ4n) is 3.09. The molecule has 0 aliphatic carbocycles. The zero-order valence-corrected chi connectivity index (χ0v) is 19.0. The van der Waals surface area contributed by atoms with Crippen LogP contribution in [0.4, 0.5) is 5.69 Å². The number of rotatable bonds is 6. The maximum absolute atomic E-state index is 12.9. The highest BCUT2D eigenvalue weighted by Gasteiger charge is 2.15. The number of hydrogen-bond acceptors (Lipinski definition) is 6. The van der Waals surface area contributed by atoms with Gasteiger partial charge in [-0.15, -0.1) is 0 Å². The molecule has 3 aromatic heterocycles. The minimum atomic E-state index is -0.262. The number of carbonyl (C=O) groups is 2. The largest absolute Gasteiger partial charge is 0.339 e. The average Bonchev–Trinajstić information content (AvgIpc) is 3.42. The molecule has 0 saturated carbocycles. The molecule has 1 N–H and O–H groups in total. The number of fused-ring (bicyclic) bond motifs is 1. The van der Waals surface area contributed by atoms with Crippen molar-refractivity contribution in [1.29, 1.82) is 0 Å². The summed E-state index contributed by atoms with van der Waals surface area (Å²) >= 11 is 0. The number of Topliss-reactive ketones (excluding diaryl/α,β-unsaturated/α-hetero) is 1. The van der Waals surface area contributed by atoms with E-state index < -0.39 is 0 Å². The Bertz CT molecular complexity index is 1260. The molecule has 32 heavy (non-hydrogen) atoms. The number of ketones is 1. The number of anilines is 1. The van der Waals surface area contributed by atoms with Crippen LogP contribution in [0.25, 0.3) is 17.0 Å². The van der Waals surface area contributed by atoms with Crippen LogP contribution in [0.2, 0.25) is 0 Å². The van der Waals surface area contributed by atoms with Gasteiger partial charge in [0.2, 0.25) is 11.7 Å². The number of nitrogens with zero attached hydrogens (tertiary/aromatic N) is 4. The fourth-order valence-corrected chi connectivity index (χ4v) is 3.09. The van der Waals surface area contributed by atoms with Crippen LogP contribution in [0.3, 0.4) is 0 Å². The van der Waals surface area contributed by atoms with Gasteiger partial charge in [-0.2, -0.15) is 4.98 Å². The van der Waals surface area contributed by atoms with Gasteiger partial charge >= 0.3 is 0 Å². The predicted octanol–water partition coefficient (Wildman–Crippen LogP) is 4.80. The van der Waals surface area contributed by atoms with Crippen molar-refractivity contribution in [1.82, 2.24) is 19.5 Å². The van der Waals surface area contributed by atoms with E-state index in [1.54, 1.807) is 16.7 Å². The van der Waals surface area contributed by atoms with E-state index >= 15 is 0 Å². The molecule has 166 valence electrons. The van der Waals surface area contributed by atoms with Crippen molar-refractivity contribution in [2.75, 3.05) is 5.32 Å². The third-order valence-corrected chi connectivity index (χ3v) is 4.80. The van der Waals surface area contributed by atoms with Crippen LogP contribution in [0.5, 0.6) is 0 Å². The fraction of sp³-hybridized carbons (Fsp3) is 0.292. The van der Waals surface area contributed by atoms with Crippen LogP contribution in [0.1, 0.15) is 54.7 Å². The molecule has 1 amide bonds. The molecule has 0 bridgehead atoms. The number of hydrogen-bond donors (Lipinski definition) is 1. The first-order chi connectivity index (χ1) is 15.4. The Morgan fingerprint density at radius 3 is 2.66 bits per heavy atom. The molecule has 3 heterocycles. The molecule has 8 nitrogen and oxygen atoms in total. The first-order valence-electron chi connectivity index (χ1n) is 10.6. The van der Waals surface area contributed by atoms with Gasteiger partial charge in [0.25, 0.3) is 5.91 Å². The van der Waals surface area contributed by atoms with Crippen molar-refractivity contribution in [3.63, 3.8) is 0 Å². The zero-order chi connectivity index (χ0) is 23.3. The molecular weight excluding hydrogens is 406 g/mol. The molecule has 4 aromatic rings. The summed E-state index contributed by atoms with van der Waals surface area (Å²) in [7, 11) is 0. The van der Waals surface area contributed by atoms with Crippen LogP contribution in [0.15, 0.2) is 47.2 Å². The van der Waals surface area contributed by atoms with Crippen molar-refractivity contribution in [3.05, 3.63) is 65.4 Å². The minimum absolute atomic E-state index is 0.0673. The van der Waals surface area contributed by atoms with E-state index in [2.05, 4.69) is 20.4 Å². The molecule has 0 fully saturated rings. The number of amides is 1. The van der Waals surface area contributed by atoms with Crippen LogP contribution >= 0.6 is 0 Å².